The minimum atomic E-state index is -0.647. The fourth-order valence-corrected chi connectivity index (χ4v) is 2.57. The van der Waals surface area contributed by atoms with E-state index >= 15 is 0 Å². The molecule has 0 aliphatic heterocycles. The quantitative estimate of drug-likeness (QED) is 0.449. The van der Waals surface area contributed by atoms with Crippen LogP contribution in [0.2, 0.25) is 12.6 Å². The van der Waals surface area contributed by atoms with Crippen LogP contribution in [0.5, 0.6) is 0 Å². The Bertz CT molecular complexity index is 62.0. The molecular formula is C6H19N3Si. The number of nitrogens with one attached hydrogen (secondary N) is 1. The topological polar surface area (TPSA) is 64.1 Å². The lowest BCUT2D eigenvalue weighted by Crippen LogP contribution is -2.34. The molecule has 4 heteroatoms. The molecular weight excluding hydrogens is 142 g/mol. The van der Waals surface area contributed by atoms with Crippen molar-refractivity contribution >= 4 is 8.96 Å². The van der Waals surface area contributed by atoms with Gasteiger partial charge in [0.25, 0.3) is 0 Å². The van der Waals surface area contributed by atoms with Gasteiger partial charge >= 0.3 is 0 Å². The Morgan fingerprint density at radius 1 is 1.30 bits per heavy atom. The van der Waals surface area contributed by atoms with E-state index in [4.69, 9.17) is 11.5 Å². The Labute approximate surface area is 64.9 Å². The summed E-state index contributed by atoms with van der Waals surface area (Å²) in [7, 11) is -0.647. The predicted octanol–water partition coefficient (Wildman–Crippen LogP) is -0.763. The van der Waals surface area contributed by atoms with E-state index in [2.05, 4.69) is 11.5 Å². The average molecular weight is 161 g/mol. The van der Waals surface area contributed by atoms with Gasteiger partial charge in [-0.15, -0.1) is 0 Å². The highest BCUT2D eigenvalue weighted by Gasteiger charge is 1.99. The molecule has 0 aromatic heterocycles. The highest BCUT2D eigenvalue weighted by atomic mass is 28.3. The summed E-state index contributed by atoms with van der Waals surface area (Å²) < 4.78 is 0. The van der Waals surface area contributed by atoms with Crippen LogP contribution in [0, 0.1) is 0 Å². The van der Waals surface area contributed by atoms with Crippen molar-refractivity contribution in [2.75, 3.05) is 19.6 Å². The third kappa shape index (κ3) is 6.22. The van der Waals surface area contributed by atoms with Gasteiger partial charge in [-0.3, -0.25) is 0 Å². The van der Waals surface area contributed by atoms with E-state index in [1.807, 2.05) is 0 Å². The second kappa shape index (κ2) is 7.21. The Morgan fingerprint density at radius 2 is 2.00 bits per heavy atom. The van der Waals surface area contributed by atoms with Gasteiger partial charge in [-0.2, -0.15) is 0 Å². The van der Waals surface area contributed by atoms with Gasteiger partial charge in [0.05, 0.1) is 0 Å². The summed E-state index contributed by atoms with van der Waals surface area (Å²) in [6.45, 7) is 4.84. The zero-order chi connectivity index (χ0) is 7.82. The largest absolute Gasteiger partial charge is 0.338 e. The van der Waals surface area contributed by atoms with Crippen molar-refractivity contribution in [1.82, 2.24) is 4.98 Å². The molecule has 0 aliphatic rings. The summed E-state index contributed by atoms with van der Waals surface area (Å²) in [5.41, 5.74) is 10.7. The summed E-state index contributed by atoms with van der Waals surface area (Å²) in [5.74, 6) is 0. The monoisotopic (exact) mass is 161 g/mol. The van der Waals surface area contributed by atoms with Crippen LogP contribution in [0.1, 0.15) is 6.42 Å². The molecule has 0 saturated carbocycles. The second-order valence-corrected chi connectivity index (χ2v) is 5.36. The van der Waals surface area contributed by atoms with Gasteiger partial charge in [0.2, 0.25) is 0 Å². The Morgan fingerprint density at radius 3 is 2.50 bits per heavy atom. The molecule has 0 aromatic rings. The lowest BCUT2D eigenvalue weighted by Gasteiger charge is -2.09. The zero-order valence-electron chi connectivity index (χ0n) is 6.77. The van der Waals surface area contributed by atoms with E-state index < -0.39 is 8.96 Å². The molecule has 0 rings (SSSR count). The average Bonchev–Trinajstić information content (AvgIpc) is 1.97. The molecule has 0 heterocycles. The molecule has 10 heavy (non-hydrogen) atoms. The van der Waals surface area contributed by atoms with Crippen molar-refractivity contribution in [3.63, 3.8) is 0 Å². The zero-order valence-corrected chi connectivity index (χ0v) is 7.92. The molecule has 1 atom stereocenters. The first-order valence-electron chi connectivity index (χ1n) is 3.94. The van der Waals surface area contributed by atoms with Gasteiger partial charge < -0.3 is 16.4 Å². The molecule has 0 saturated heterocycles. The second-order valence-electron chi connectivity index (χ2n) is 2.57. The van der Waals surface area contributed by atoms with Gasteiger partial charge in [-0.05, 0) is 19.0 Å². The van der Waals surface area contributed by atoms with Crippen molar-refractivity contribution in [2.24, 2.45) is 11.5 Å². The molecule has 1 unspecified atom stereocenters. The van der Waals surface area contributed by atoms with Crippen LogP contribution in [0.15, 0.2) is 0 Å². The normalized spacial score (nSPS) is 13.5. The SMILES string of the molecule is C[SiH](CCCN)NCCN. The first-order valence-corrected chi connectivity index (χ1v) is 6.49. The number of hydrogen-bond acceptors (Lipinski definition) is 3. The van der Waals surface area contributed by atoms with Crippen molar-refractivity contribution in [1.29, 1.82) is 0 Å². The lowest BCUT2D eigenvalue weighted by atomic mass is 10.5. The standard InChI is InChI=1S/C6H19N3Si/c1-10(6-2-3-7)9-5-4-8/h9-10H,2-8H2,1H3. The van der Waals surface area contributed by atoms with Crippen LogP contribution in [0.4, 0.5) is 0 Å². The van der Waals surface area contributed by atoms with Crippen LogP contribution in [-0.2, 0) is 0 Å². The van der Waals surface area contributed by atoms with Crippen molar-refractivity contribution in [3.8, 4) is 0 Å². The van der Waals surface area contributed by atoms with Crippen LogP contribution < -0.4 is 16.4 Å². The highest BCUT2D eigenvalue weighted by molar-refractivity contribution is 6.54. The molecule has 0 aliphatic carbocycles. The van der Waals surface area contributed by atoms with Gasteiger partial charge in [-0.1, -0.05) is 6.55 Å². The molecule has 5 N–H and O–H groups in total. The Kier molecular flexibility index (Phi) is 7.28. The van der Waals surface area contributed by atoms with E-state index in [9.17, 15) is 0 Å². The molecule has 0 aromatic carbocycles. The minimum absolute atomic E-state index is 0.647. The number of hydrogen-bond donors (Lipinski definition) is 3. The lowest BCUT2D eigenvalue weighted by molar-refractivity contribution is 0.855. The molecule has 0 bridgehead atoms. The van der Waals surface area contributed by atoms with E-state index in [0.29, 0.717) is 0 Å². The van der Waals surface area contributed by atoms with Crippen LogP contribution in [0.25, 0.3) is 0 Å². The summed E-state index contributed by atoms with van der Waals surface area (Å²) in [4.78, 5) is 3.43. The maximum atomic E-state index is 5.38. The number of nitrogens with two attached hydrogens (primary N) is 2. The van der Waals surface area contributed by atoms with Crippen LogP contribution in [0.3, 0.4) is 0 Å². The van der Waals surface area contributed by atoms with E-state index in [0.717, 1.165) is 26.1 Å². The fraction of sp³-hybridized carbons (Fsp3) is 1.00. The van der Waals surface area contributed by atoms with Crippen molar-refractivity contribution in [2.45, 2.75) is 19.0 Å². The smallest absolute Gasteiger partial charge is 0.105 e. The maximum Gasteiger partial charge on any atom is 0.105 e. The summed E-state index contributed by atoms with van der Waals surface area (Å²) in [5, 5.41) is 0. The Balaban J connectivity index is 3.00. The minimum Gasteiger partial charge on any atom is -0.338 e. The molecule has 0 fully saturated rings. The van der Waals surface area contributed by atoms with Crippen molar-refractivity contribution in [3.05, 3.63) is 0 Å². The Hall–Kier alpha value is 0.0969. The van der Waals surface area contributed by atoms with Gasteiger partial charge in [0, 0.05) is 13.1 Å². The van der Waals surface area contributed by atoms with Crippen molar-refractivity contribution < 1.29 is 0 Å². The first kappa shape index (κ1) is 10.1. The summed E-state index contributed by atoms with van der Waals surface area (Å²) >= 11 is 0. The first-order chi connectivity index (χ1) is 4.81. The molecule has 62 valence electrons. The fourth-order valence-electron chi connectivity index (χ4n) is 0.856. The van der Waals surface area contributed by atoms with Gasteiger partial charge in [0.15, 0.2) is 0 Å². The van der Waals surface area contributed by atoms with Crippen LogP contribution in [-0.4, -0.2) is 28.6 Å². The van der Waals surface area contributed by atoms with Crippen LogP contribution >= 0.6 is 0 Å². The summed E-state index contributed by atoms with van der Waals surface area (Å²) in [6, 6.07) is 1.29. The summed E-state index contributed by atoms with van der Waals surface area (Å²) in [6.07, 6.45) is 1.16. The van der Waals surface area contributed by atoms with Gasteiger partial charge in [0.1, 0.15) is 8.96 Å². The molecule has 3 nitrogen and oxygen atoms in total. The van der Waals surface area contributed by atoms with E-state index in [-0.39, 0.29) is 0 Å². The number of rotatable bonds is 6. The maximum absolute atomic E-state index is 5.38. The predicted molar refractivity (Wildman–Crippen MR) is 48.5 cm³/mol. The molecule has 0 amide bonds. The van der Waals surface area contributed by atoms with E-state index in [1.165, 1.54) is 6.04 Å². The third-order valence-electron chi connectivity index (χ3n) is 1.48. The van der Waals surface area contributed by atoms with Gasteiger partial charge in [-0.25, -0.2) is 0 Å². The third-order valence-corrected chi connectivity index (χ3v) is 3.74. The van der Waals surface area contributed by atoms with E-state index in [1.54, 1.807) is 0 Å². The molecule has 0 radical (unpaired) electrons. The molecule has 0 spiro atoms. The highest BCUT2D eigenvalue weighted by Crippen LogP contribution is 1.91.